The summed E-state index contributed by atoms with van der Waals surface area (Å²) in [5.41, 5.74) is 0. The van der Waals surface area contributed by atoms with Crippen molar-refractivity contribution in [1.29, 1.82) is 0 Å². The first-order valence-electron chi connectivity index (χ1n) is 5.53. The lowest BCUT2D eigenvalue weighted by Crippen LogP contribution is -2.47. The summed E-state index contributed by atoms with van der Waals surface area (Å²) in [6.07, 6.45) is 4.08. The standard InChI is InChI=1S/C11H21N3O.ClH/c1-3-6-13-11(15)9-14-7-4-5-10(8-14)12-2;/h3,10,12H,1,4-9H2,2H3,(H,13,15);1H. The third kappa shape index (κ3) is 5.49. The van der Waals surface area contributed by atoms with E-state index in [4.69, 9.17) is 0 Å². The maximum Gasteiger partial charge on any atom is 0.234 e. The minimum Gasteiger partial charge on any atom is -0.352 e. The molecule has 0 aromatic heterocycles. The van der Waals surface area contributed by atoms with Crippen LogP contribution >= 0.6 is 12.4 Å². The van der Waals surface area contributed by atoms with E-state index in [2.05, 4.69) is 22.1 Å². The van der Waals surface area contributed by atoms with Gasteiger partial charge in [0.25, 0.3) is 0 Å². The van der Waals surface area contributed by atoms with E-state index in [9.17, 15) is 4.79 Å². The van der Waals surface area contributed by atoms with E-state index >= 15 is 0 Å². The van der Waals surface area contributed by atoms with Gasteiger partial charge in [-0.05, 0) is 26.4 Å². The van der Waals surface area contributed by atoms with Crippen LogP contribution in [0.5, 0.6) is 0 Å². The fourth-order valence-electron chi connectivity index (χ4n) is 1.88. The van der Waals surface area contributed by atoms with E-state index in [-0.39, 0.29) is 18.3 Å². The molecule has 1 saturated heterocycles. The Morgan fingerprint density at radius 3 is 3.00 bits per heavy atom. The van der Waals surface area contributed by atoms with Gasteiger partial charge in [-0.3, -0.25) is 9.69 Å². The number of hydrogen-bond acceptors (Lipinski definition) is 3. The lowest BCUT2D eigenvalue weighted by molar-refractivity contribution is -0.122. The van der Waals surface area contributed by atoms with Crippen LogP contribution in [0.15, 0.2) is 12.7 Å². The summed E-state index contributed by atoms with van der Waals surface area (Å²) in [6.45, 7) is 6.63. The zero-order valence-corrected chi connectivity index (χ0v) is 10.7. The Labute approximate surface area is 104 Å². The fourth-order valence-corrected chi connectivity index (χ4v) is 1.88. The maximum absolute atomic E-state index is 11.4. The molecule has 0 aliphatic carbocycles. The van der Waals surface area contributed by atoms with Crippen LogP contribution in [0.4, 0.5) is 0 Å². The quantitative estimate of drug-likeness (QED) is 0.691. The van der Waals surface area contributed by atoms with E-state index < -0.39 is 0 Å². The zero-order valence-electron chi connectivity index (χ0n) is 9.87. The highest BCUT2D eigenvalue weighted by Crippen LogP contribution is 2.08. The number of hydrogen-bond donors (Lipinski definition) is 2. The van der Waals surface area contributed by atoms with Gasteiger partial charge in [-0.1, -0.05) is 6.08 Å². The van der Waals surface area contributed by atoms with Crippen molar-refractivity contribution in [3.63, 3.8) is 0 Å². The van der Waals surface area contributed by atoms with Gasteiger partial charge in [-0.2, -0.15) is 0 Å². The van der Waals surface area contributed by atoms with E-state index in [1.165, 1.54) is 12.8 Å². The van der Waals surface area contributed by atoms with Gasteiger partial charge in [0.2, 0.25) is 5.91 Å². The molecule has 16 heavy (non-hydrogen) atoms. The highest BCUT2D eigenvalue weighted by atomic mass is 35.5. The van der Waals surface area contributed by atoms with Crippen LogP contribution in [0, 0.1) is 0 Å². The van der Waals surface area contributed by atoms with Crippen LogP contribution in [-0.2, 0) is 4.79 Å². The third-order valence-electron chi connectivity index (χ3n) is 2.72. The molecule has 1 fully saturated rings. The molecule has 94 valence electrons. The summed E-state index contributed by atoms with van der Waals surface area (Å²) < 4.78 is 0. The molecule has 1 atom stereocenters. The Morgan fingerprint density at radius 1 is 1.62 bits per heavy atom. The Hall–Kier alpha value is -0.580. The largest absolute Gasteiger partial charge is 0.352 e. The molecule has 0 aromatic carbocycles. The van der Waals surface area contributed by atoms with Crippen molar-refractivity contribution in [2.24, 2.45) is 0 Å². The Morgan fingerprint density at radius 2 is 2.38 bits per heavy atom. The summed E-state index contributed by atoms with van der Waals surface area (Å²) in [7, 11) is 1.98. The van der Waals surface area contributed by atoms with Crippen LogP contribution in [0.25, 0.3) is 0 Å². The van der Waals surface area contributed by atoms with Gasteiger partial charge >= 0.3 is 0 Å². The van der Waals surface area contributed by atoms with Crippen molar-refractivity contribution in [1.82, 2.24) is 15.5 Å². The van der Waals surface area contributed by atoms with E-state index in [1.807, 2.05) is 7.05 Å². The van der Waals surface area contributed by atoms with Crippen molar-refractivity contribution < 1.29 is 4.79 Å². The molecule has 1 unspecified atom stereocenters. The summed E-state index contributed by atoms with van der Waals surface area (Å²) in [5.74, 6) is 0.0895. The predicted octanol–water partition coefficient (Wildman–Crippen LogP) is 0.394. The second-order valence-electron chi connectivity index (χ2n) is 3.96. The predicted molar refractivity (Wildman–Crippen MR) is 69.0 cm³/mol. The van der Waals surface area contributed by atoms with Gasteiger partial charge in [0.15, 0.2) is 0 Å². The Bertz CT molecular complexity index is 223. The first kappa shape index (κ1) is 15.4. The van der Waals surface area contributed by atoms with Crippen LogP contribution < -0.4 is 10.6 Å². The highest BCUT2D eigenvalue weighted by Gasteiger charge is 2.19. The first-order valence-corrected chi connectivity index (χ1v) is 5.53. The molecule has 1 aliphatic heterocycles. The minimum atomic E-state index is 0. The van der Waals surface area contributed by atoms with E-state index in [0.717, 1.165) is 13.1 Å². The average molecular weight is 248 g/mol. The van der Waals surface area contributed by atoms with Gasteiger partial charge in [0.05, 0.1) is 6.54 Å². The number of rotatable bonds is 5. The summed E-state index contributed by atoms with van der Waals surface area (Å²) in [4.78, 5) is 13.6. The maximum atomic E-state index is 11.4. The number of likely N-dealkylation sites (tertiary alicyclic amines) is 1. The number of nitrogens with zero attached hydrogens (tertiary/aromatic N) is 1. The number of carbonyl (C=O) groups is 1. The second-order valence-corrected chi connectivity index (χ2v) is 3.96. The molecule has 5 heteroatoms. The number of carbonyl (C=O) groups excluding carboxylic acids is 1. The zero-order chi connectivity index (χ0) is 11.1. The lowest BCUT2D eigenvalue weighted by atomic mass is 10.1. The van der Waals surface area contributed by atoms with Gasteiger partial charge in [-0.15, -0.1) is 19.0 Å². The smallest absolute Gasteiger partial charge is 0.234 e. The van der Waals surface area contributed by atoms with E-state index in [0.29, 0.717) is 19.1 Å². The van der Waals surface area contributed by atoms with Crippen LogP contribution in [-0.4, -0.2) is 50.1 Å². The second kappa shape index (κ2) is 8.56. The fraction of sp³-hybridized carbons (Fsp3) is 0.727. The molecular weight excluding hydrogens is 226 g/mol. The normalized spacial score (nSPS) is 20.9. The van der Waals surface area contributed by atoms with Gasteiger partial charge in [0, 0.05) is 19.1 Å². The molecule has 0 bridgehead atoms. The molecule has 1 amide bonds. The number of likely N-dealkylation sites (N-methyl/N-ethyl adjacent to an activating group) is 1. The summed E-state index contributed by atoms with van der Waals surface area (Å²) >= 11 is 0. The van der Waals surface area contributed by atoms with Gasteiger partial charge in [-0.25, -0.2) is 0 Å². The minimum absolute atomic E-state index is 0. The average Bonchev–Trinajstić information content (AvgIpc) is 2.26. The van der Waals surface area contributed by atoms with Gasteiger partial charge in [0.1, 0.15) is 0 Å². The van der Waals surface area contributed by atoms with Crippen LogP contribution in [0.3, 0.4) is 0 Å². The first-order chi connectivity index (χ1) is 7.26. The molecule has 0 radical (unpaired) electrons. The SMILES string of the molecule is C=CCNC(=O)CN1CCCC(NC)C1.Cl. The molecule has 0 spiro atoms. The molecule has 1 heterocycles. The van der Waals surface area contributed by atoms with E-state index in [1.54, 1.807) is 6.08 Å². The molecule has 4 nitrogen and oxygen atoms in total. The number of piperidine rings is 1. The molecule has 1 rings (SSSR count). The molecule has 0 aromatic rings. The van der Waals surface area contributed by atoms with Crippen molar-refractivity contribution in [3.8, 4) is 0 Å². The Balaban J connectivity index is 0.00000225. The van der Waals surface area contributed by atoms with Gasteiger partial charge < -0.3 is 10.6 Å². The molecule has 1 aliphatic rings. The number of nitrogens with one attached hydrogen (secondary N) is 2. The van der Waals surface area contributed by atoms with Crippen LogP contribution in [0.2, 0.25) is 0 Å². The summed E-state index contributed by atoms with van der Waals surface area (Å²) in [5, 5.41) is 6.05. The van der Waals surface area contributed by atoms with Crippen molar-refractivity contribution in [3.05, 3.63) is 12.7 Å². The number of halogens is 1. The van der Waals surface area contributed by atoms with Crippen molar-refractivity contribution in [2.45, 2.75) is 18.9 Å². The summed E-state index contributed by atoms with van der Waals surface area (Å²) in [6, 6.07) is 0.533. The Kier molecular flexibility index (Phi) is 8.25. The molecule has 0 saturated carbocycles. The topological polar surface area (TPSA) is 44.4 Å². The molecular formula is C11H22ClN3O. The molecule has 2 N–H and O–H groups in total. The van der Waals surface area contributed by atoms with Crippen molar-refractivity contribution in [2.75, 3.05) is 33.2 Å². The van der Waals surface area contributed by atoms with Crippen LogP contribution in [0.1, 0.15) is 12.8 Å². The lowest BCUT2D eigenvalue weighted by Gasteiger charge is -2.31. The highest BCUT2D eigenvalue weighted by molar-refractivity contribution is 5.85. The van der Waals surface area contributed by atoms with Crippen molar-refractivity contribution >= 4 is 18.3 Å². The third-order valence-corrected chi connectivity index (χ3v) is 2.72. The number of amides is 1. The monoisotopic (exact) mass is 247 g/mol.